The second kappa shape index (κ2) is 11.0. The lowest BCUT2D eigenvalue weighted by Crippen LogP contribution is -2.33. The van der Waals surface area contributed by atoms with Gasteiger partial charge in [-0.2, -0.15) is 13.2 Å². The lowest BCUT2D eigenvalue weighted by molar-refractivity contribution is -0.384. The van der Waals surface area contributed by atoms with Gasteiger partial charge in [-0.15, -0.1) is 0 Å². The van der Waals surface area contributed by atoms with Crippen LogP contribution < -0.4 is 0 Å². The van der Waals surface area contributed by atoms with Crippen molar-refractivity contribution in [2.24, 2.45) is 0 Å². The molecule has 0 aliphatic heterocycles. The minimum atomic E-state index is -4.43. The van der Waals surface area contributed by atoms with Gasteiger partial charge in [-0.05, 0) is 48.4 Å². The molecule has 2 aromatic carbocycles. The van der Waals surface area contributed by atoms with E-state index in [1.807, 2.05) is 0 Å². The van der Waals surface area contributed by atoms with Gasteiger partial charge in [0.25, 0.3) is 11.6 Å². The highest BCUT2D eigenvalue weighted by molar-refractivity contribution is 5.94. The van der Waals surface area contributed by atoms with Crippen LogP contribution in [0.25, 0.3) is 0 Å². The number of carbonyl (C=O) groups excluding carboxylic acids is 1. The van der Waals surface area contributed by atoms with Crippen LogP contribution in [0.4, 0.5) is 18.9 Å². The molecule has 1 aromatic heterocycles. The lowest BCUT2D eigenvalue weighted by Gasteiger charge is -2.24. The van der Waals surface area contributed by atoms with Gasteiger partial charge < -0.3 is 14.2 Å². The summed E-state index contributed by atoms with van der Waals surface area (Å²) >= 11 is 0. The maximum atomic E-state index is 13.2. The zero-order valence-corrected chi connectivity index (χ0v) is 18.5. The quantitative estimate of drug-likeness (QED) is 0.231. The Labute approximate surface area is 194 Å². The second-order valence-corrected chi connectivity index (χ2v) is 7.70. The number of aromatic nitrogens is 1. The van der Waals surface area contributed by atoms with E-state index in [0.717, 1.165) is 17.8 Å². The van der Waals surface area contributed by atoms with Gasteiger partial charge in [-0.25, -0.2) is 0 Å². The number of nitro benzene ring substituents is 1. The number of hydrogen-bond donors (Lipinski definition) is 0. The monoisotopic (exact) mass is 475 g/mol. The van der Waals surface area contributed by atoms with E-state index in [-0.39, 0.29) is 24.7 Å². The molecule has 0 aliphatic carbocycles. The maximum Gasteiger partial charge on any atom is 0.416 e. The summed E-state index contributed by atoms with van der Waals surface area (Å²) in [7, 11) is 1.56. The van der Waals surface area contributed by atoms with Gasteiger partial charge >= 0.3 is 6.18 Å². The zero-order chi connectivity index (χ0) is 24.7. The van der Waals surface area contributed by atoms with E-state index < -0.39 is 16.7 Å². The Balaban J connectivity index is 1.80. The van der Waals surface area contributed by atoms with Gasteiger partial charge in [0.1, 0.15) is 0 Å². The molecule has 0 spiro atoms. The Kier molecular flexibility index (Phi) is 8.06. The fourth-order valence-electron chi connectivity index (χ4n) is 3.55. The number of nitro groups is 1. The number of amides is 1. The predicted octanol–water partition coefficient (Wildman–Crippen LogP) is 5.14. The number of methoxy groups -OCH3 is 1. The third-order valence-electron chi connectivity index (χ3n) is 5.27. The smallest absolute Gasteiger partial charge is 0.385 e. The molecule has 0 saturated heterocycles. The molecule has 0 aliphatic rings. The first kappa shape index (κ1) is 25.0. The standard InChI is InChI=1S/C24H24F3N3O4/c1-34-14-4-13-29(23(31)19-8-10-21(11-9-19)30(32)33)17-22-7-3-12-28(22)16-18-5-2-6-20(15-18)24(25,26)27/h2-3,5-12,15H,4,13-14,16-17H2,1H3. The number of halogens is 3. The summed E-state index contributed by atoms with van der Waals surface area (Å²) in [5.74, 6) is -0.308. The molecule has 0 bridgehead atoms. The molecule has 34 heavy (non-hydrogen) atoms. The van der Waals surface area contributed by atoms with Gasteiger partial charge in [-0.1, -0.05) is 12.1 Å². The number of benzene rings is 2. The molecular weight excluding hydrogens is 451 g/mol. The number of carbonyl (C=O) groups is 1. The summed E-state index contributed by atoms with van der Waals surface area (Å²) < 4.78 is 46.1. The fourth-order valence-corrected chi connectivity index (χ4v) is 3.55. The number of non-ortho nitro benzene ring substituents is 1. The van der Waals surface area contributed by atoms with Crippen LogP contribution in [-0.4, -0.2) is 40.6 Å². The van der Waals surface area contributed by atoms with Crippen LogP contribution in [0.3, 0.4) is 0 Å². The summed E-state index contributed by atoms with van der Waals surface area (Å²) in [5, 5.41) is 10.9. The number of nitrogens with zero attached hydrogens (tertiary/aromatic N) is 3. The summed E-state index contributed by atoms with van der Waals surface area (Å²) in [4.78, 5) is 25.1. The van der Waals surface area contributed by atoms with Crippen molar-refractivity contribution in [3.05, 3.63) is 99.4 Å². The van der Waals surface area contributed by atoms with Crippen molar-refractivity contribution in [1.82, 2.24) is 9.47 Å². The van der Waals surface area contributed by atoms with E-state index in [0.29, 0.717) is 30.7 Å². The first-order valence-corrected chi connectivity index (χ1v) is 10.5. The molecule has 3 aromatic rings. The molecule has 0 saturated carbocycles. The molecule has 0 radical (unpaired) electrons. The molecule has 7 nitrogen and oxygen atoms in total. The average molecular weight is 475 g/mol. The highest BCUT2D eigenvalue weighted by Gasteiger charge is 2.30. The van der Waals surface area contributed by atoms with Crippen LogP contribution >= 0.6 is 0 Å². The Bertz CT molecular complexity index is 1130. The third-order valence-corrected chi connectivity index (χ3v) is 5.27. The summed E-state index contributed by atoms with van der Waals surface area (Å²) in [6, 6.07) is 14.1. The first-order chi connectivity index (χ1) is 16.2. The molecule has 1 heterocycles. The number of ether oxygens (including phenoxy) is 1. The van der Waals surface area contributed by atoms with E-state index in [4.69, 9.17) is 4.74 Å². The van der Waals surface area contributed by atoms with Crippen molar-refractivity contribution >= 4 is 11.6 Å². The molecule has 1 amide bonds. The first-order valence-electron chi connectivity index (χ1n) is 10.5. The van der Waals surface area contributed by atoms with E-state index in [9.17, 15) is 28.1 Å². The highest BCUT2D eigenvalue weighted by Crippen LogP contribution is 2.29. The average Bonchev–Trinajstić information content (AvgIpc) is 3.24. The second-order valence-electron chi connectivity index (χ2n) is 7.70. The maximum absolute atomic E-state index is 13.2. The van der Waals surface area contributed by atoms with Crippen molar-refractivity contribution in [2.45, 2.75) is 25.7 Å². The lowest BCUT2D eigenvalue weighted by atomic mass is 10.1. The third kappa shape index (κ3) is 6.44. The Morgan fingerprint density at radius 2 is 1.85 bits per heavy atom. The van der Waals surface area contributed by atoms with Crippen molar-refractivity contribution in [3.8, 4) is 0 Å². The van der Waals surface area contributed by atoms with E-state index in [1.54, 1.807) is 41.0 Å². The van der Waals surface area contributed by atoms with Crippen LogP contribution in [0.2, 0.25) is 0 Å². The summed E-state index contributed by atoms with van der Waals surface area (Å²) in [5.41, 5.74) is 0.703. The van der Waals surface area contributed by atoms with Crippen molar-refractivity contribution in [1.29, 1.82) is 0 Å². The molecule has 0 unspecified atom stereocenters. The van der Waals surface area contributed by atoms with Crippen LogP contribution in [0, 0.1) is 10.1 Å². The normalized spacial score (nSPS) is 11.4. The SMILES string of the molecule is COCCCN(Cc1cccn1Cc1cccc(C(F)(F)F)c1)C(=O)c1ccc([N+](=O)[O-])cc1. The van der Waals surface area contributed by atoms with E-state index in [1.165, 1.54) is 30.3 Å². The van der Waals surface area contributed by atoms with Crippen LogP contribution in [0.5, 0.6) is 0 Å². The van der Waals surface area contributed by atoms with Crippen LogP contribution in [0.15, 0.2) is 66.9 Å². The minimum Gasteiger partial charge on any atom is -0.385 e. The summed E-state index contributed by atoms with van der Waals surface area (Å²) in [6.45, 7) is 1.24. The topological polar surface area (TPSA) is 77.6 Å². The van der Waals surface area contributed by atoms with Crippen molar-refractivity contribution in [3.63, 3.8) is 0 Å². The molecule has 0 fully saturated rings. The van der Waals surface area contributed by atoms with Gasteiger partial charge in [0.2, 0.25) is 0 Å². The molecule has 3 rings (SSSR count). The molecule has 0 atom stereocenters. The minimum absolute atomic E-state index is 0.113. The molecular formula is C24H24F3N3O4. The number of hydrogen-bond acceptors (Lipinski definition) is 4. The van der Waals surface area contributed by atoms with Gasteiger partial charge in [0.05, 0.1) is 17.0 Å². The van der Waals surface area contributed by atoms with Gasteiger partial charge in [0, 0.05) is 56.4 Å². The number of rotatable bonds is 10. The molecule has 10 heteroatoms. The molecule has 180 valence electrons. The van der Waals surface area contributed by atoms with Crippen LogP contribution in [-0.2, 0) is 24.0 Å². The van der Waals surface area contributed by atoms with Gasteiger partial charge in [-0.3, -0.25) is 14.9 Å². The fraction of sp³-hybridized carbons (Fsp3) is 0.292. The van der Waals surface area contributed by atoms with E-state index >= 15 is 0 Å². The van der Waals surface area contributed by atoms with E-state index in [2.05, 4.69) is 0 Å². The Hall–Kier alpha value is -3.66. The Morgan fingerprint density at radius 1 is 1.12 bits per heavy atom. The summed E-state index contributed by atoms with van der Waals surface area (Å²) in [6.07, 6.45) is -2.10. The predicted molar refractivity (Wildman–Crippen MR) is 119 cm³/mol. The Morgan fingerprint density at radius 3 is 2.50 bits per heavy atom. The number of alkyl halides is 3. The van der Waals surface area contributed by atoms with Crippen molar-refractivity contribution < 1.29 is 27.6 Å². The van der Waals surface area contributed by atoms with Gasteiger partial charge in [0.15, 0.2) is 0 Å². The van der Waals surface area contributed by atoms with Crippen LogP contribution in [0.1, 0.15) is 33.6 Å². The highest BCUT2D eigenvalue weighted by atomic mass is 19.4. The molecule has 0 N–H and O–H groups in total. The largest absolute Gasteiger partial charge is 0.416 e. The van der Waals surface area contributed by atoms with Crippen molar-refractivity contribution in [2.75, 3.05) is 20.3 Å². The zero-order valence-electron chi connectivity index (χ0n) is 18.5.